The molecule has 0 spiro atoms. The van der Waals surface area contributed by atoms with Gasteiger partial charge in [0, 0.05) is 12.6 Å². The van der Waals surface area contributed by atoms with Gasteiger partial charge in [0.15, 0.2) is 0 Å². The number of hydrogen-bond acceptors (Lipinski definition) is 3. The fourth-order valence-corrected chi connectivity index (χ4v) is 2.24. The van der Waals surface area contributed by atoms with Crippen molar-refractivity contribution in [3.8, 4) is 0 Å². The zero-order valence-corrected chi connectivity index (χ0v) is 10.2. The van der Waals surface area contributed by atoms with E-state index in [2.05, 4.69) is 12.2 Å². The molecule has 1 atom stereocenters. The summed E-state index contributed by atoms with van der Waals surface area (Å²) in [6.07, 6.45) is 1.91. The number of amides is 1. The fourth-order valence-electron chi connectivity index (χ4n) is 1.29. The quantitative estimate of drug-likeness (QED) is 0.837. The molecule has 1 rings (SSSR count). The number of rotatable bonds is 5. The van der Waals surface area contributed by atoms with Crippen molar-refractivity contribution in [3.05, 3.63) is 21.3 Å². The smallest absolute Gasteiger partial charge is 0.261 e. The van der Waals surface area contributed by atoms with Gasteiger partial charge in [0.2, 0.25) is 0 Å². The Morgan fingerprint density at radius 3 is 2.87 bits per heavy atom. The average Bonchev–Trinajstić information content (AvgIpc) is 2.64. The molecule has 1 aromatic heterocycles. The topological polar surface area (TPSA) is 55.1 Å². The lowest BCUT2D eigenvalue weighted by Crippen LogP contribution is -2.39. The summed E-state index contributed by atoms with van der Waals surface area (Å²) in [6, 6.07) is 3.50. The van der Waals surface area contributed by atoms with Gasteiger partial charge in [-0.1, -0.05) is 24.9 Å². The number of carbonyl (C=O) groups is 1. The van der Waals surface area contributed by atoms with E-state index in [0.29, 0.717) is 15.8 Å². The summed E-state index contributed by atoms with van der Waals surface area (Å²) in [5.74, 6) is -0.0872. The molecule has 1 heterocycles. The second-order valence-electron chi connectivity index (χ2n) is 3.30. The normalized spacial score (nSPS) is 12.5. The van der Waals surface area contributed by atoms with E-state index in [1.165, 1.54) is 11.3 Å². The number of carbonyl (C=O) groups excluding carboxylic acids is 1. The second-order valence-corrected chi connectivity index (χ2v) is 5.01. The Kier molecular flexibility index (Phi) is 5.08. The molecule has 1 amide bonds. The highest BCUT2D eigenvalue weighted by molar-refractivity contribution is 7.17. The largest absolute Gasteiger partial charge is 0.347 e. The molecule has 0 aliphatic heterocycles. The SMILES string of the molecule is CCCC(CN)NC(=O)c1ccc(Cl)s1. The molecule has 0 aliphatic rings. The lowest BCUT2D eigenvalue weighted by molar-refractivity contribution is 0.0940. The van der Waals surface area contributed by atoms with Crippen molar-refractivity contribution in [2.24, 2.45) is 5.73 Å². The highest BCUT2D eigenvalue weighted by Crippen LogP contribution is 2.21. The maximum absolute atomic E-state index is 11.7. The molecule has 0 radical (unpaired) electrons. The van der Waals surface area contributed by atoms with E-state index in [9.17, 15) is 4.79 Å². The second kappa shape index (κ2) is 6.10. The molecular formula is C10H15ClN2OS. The van der Waals surface area contributed by atoms with Gasteiger partial charge in [-0.15, -0.1) is 11.3 Å². The van der Waals surface area contributed by atoms with Gasteiger partial charge in [-0.3, -0.25) is 4.79 Å². The summed E-state index contributed by atoms with van der Waals surface area (Å²) in [6.45, 7) is 2.54. The first-order valence-electron chi connectivity index (χ1n) is 4.93. The Labute approximate surface area is 98.6 Å². The molecule has 0 aromatic carbocycles. The van der Waals surface area contributed by atoms with Crippen molar-refractivity contribution in [2.45, 2.75) is 25.8 Å². The number of hydrogen-bond donors (Lipinski definition) is 2. The molecular weight excluding hydrogens is 232 g/mol. The van der Waals surface area contributed by atoms with Gasteiger partial charge in [0.1, 0.15) is 0 Å². The van der Waals surface area contributed by atoms with E-state index in [0.717, 1.165) is 12.8 Å². The van der Waals surface area contributed by atoms with Gasteiger partial charge >= 0.3 is 0 Å². The van der Waals surface area contributed by atoms with Gasteiger partial charge in [-0.25, -0.2) is 0 Å². The molecule has 1 aromatic rings. The van der Waals surface area contributed by atoms with E-state index in [4.69, 9.17) is 17.3 Å². The van der Waals surface area contributed by atoms with Crippen LogP contribution in [0.2, 0.25) is 4.34 Å². The predicted molar refractivity (Wildman–Crippen MR) is 64.5 cm³/mol. The van der Waals surface area contributed by atoms with Crippen molar-refractivity contribution < 1.29 is 4.79 Å². The van der Waals surface area contributed by atoms with E-state index >= 15 is 0 Å². The Morgan fingerprint density at radius 1 is 1.67 bits per heavy atom. The molecule has 3 N–H and O–H groups in total. The van der Waals surface area contributed by atoms with Crippen molar-refractivity contribution in [2.75, 3.05) is 6.54 Å². The highest BCUT2D eigenvalue weighted by Gasteiger charge is 2.13. The maximum atomic E-state index is 11.7. The van der Waals surface area contributed by atoms with Crippen LogP contribution in [0.4, 0.5) is 0 Å². The van der Waals surface area contributed by atoms with Crippen LogP contribution in [0, 0.1) is 0 Å². The van der Waals surface area contributed by atoms with Crippen molar-refractivity contribution >= 4 is 28.8 Å². The monoisotopic (exact) mass is 246 g/mol. The van der Waals surface area contributed by atoms with Gasteiger partial charge in [-0.05, 0) is 18.6 Å². The summed E-state index contributed by atoms with van der Waals surface area (Å²) in [4.78, 5) is 12.3. The number of nitrogens with one attached hydrogen (secondary N) is 1. The van der Waals surface area contributed by atoms with E-state index in [1.54, 1.807) is 12.1 Å². The Hall–Kier alpha value is -0.580. The minimum Gasteiger partial charge on any atom is -0.347 e. The Bertz CT molecular complexity index is 327. The molecule has 5 heteroatoms. The first kappa shape index (κ1) is 12.5. The minimum atomic E-state index is -0.0872. The first-order valence-corrected chi connectivity index (χ1v) is 6.13. The van der Waals surface area contributed by atoms with Crippen LogP contribution in [0.3, 0.4) is 0 Å². The van der Waals surface area contributed by atoms with E-state index < -0.39 is 0 Å². The van der Waals surface area contributed by atoms with Crippen LogP contribution in [-0.4, -0.2) is 18.5 Å². The standard InChI is InChI=1S/C10H15ClN2OS/c1-2-3-7(6-12)13-10(14)8-4-5-9(11)15-8/h4-5,7H,2-3,6,12H2,1H3,(H,13,14). The van der Waals surface area contributed by atoms with Crippen LogP contribution < -0.4 is 11.1 Å². The minimum absolute atomic E-state index is 0.0587. The third-order valence-corrected chi connectivity index (χ3v) is 3.28. The summed E-state index contributed by atoms with van der Waals surface area (Å²) in [7, 11) is 0. The summed E-state index contributed by atoms with van der Waals surface area (Å²) < 4.78 is 0.625. The van der Waals surface area contributed by atoms with Crippen LogP contribution in [0.1, 0.15) is 29.4 Å². The van der Waals surface area contributed by atoms with Crippen LogP contribution in [0.5, 0.6) is 0 Å². The van der Waals surface area contributed by atoms with Crippen molar-refractivity contribution in [1.82, 2.24) is 5.32 Å². The lowest BCUT2D eigenvalue weighted by Gasteiger charge is -2.14. The van der Waals surface area contributed by atoms with Crippen LogP contribution in [0.15, 0.2) is 12.1 Å². The van der Waals surface area contributed by atoms with E-state index in [1.807, 2.05) is 0 Å². The third kappa shape index (κ3) is 3.81. The zero-order chi connectivity index (χ0) is 11.3. The maximum Gasteiger partial charge on any atom is 0.261 e. The zero-order valence-electron chi connectivity index (χ0n) is 8.63. The Morgan fingerprint density at radius 2 is 2.40 bits per heavy atom. The summed E-state index contributed by atoms with van der Waals surface area (Å²) in [5, 5.41) is 2.89. The van der Waals surface area contributed by atoms with Gasteiger partial charge < -0.3 is 11.1 Å². The van der Waals surface area contributed by atoms with Crippen molar-refractivity contribution in [3.63, 3.8) is 0 Å². The molecule has 0 saturated carbocycles. The fraction of sp³-hybridized carbons (Fsp3) is 0.500. The number of halogens is 1. The highest BCUT2D eigenvalue weighted by atomic mass is 35.5. The van der Waals surface area contributed by atoms with Gasteiger partial charge in [0.05, 0.1) is 9.21 Å². The molecule has 0 saturated heterocycles. The molecule has 15 heavy (non-hydrogen) atoms. The predicted octanol–water partition coefficient (Wildman–Crippen LogP) is 2.26. The molecule has 0 fully saturated rings. The molecule has 3 nitrogen and oxygen atoms in total. The van der Waals surface area contributed by atoms with Gasteiger partial charge in [0.25, 0.3) is 5.91 Å². The number of nitrogens with two attached hydrogens (primary N) is 1. The van der Waals surface area contributed by atoms with Gasteiger partial charge in [-0.2, -0.15) is 0 Å². The average molecular weight is 247 g/mol. The lowest BCUT2D eigenvalue weighted by atomic mass is 10.1. The summed E-state index contributed by atoms with van der Waals surface area (Å²) >= 11 is 7.03. The van der Waals surface area contributed by atoms with Crippen LogP contribution >= 0.6 is 22.9 Å². The number of thiophene rings is 1. The molecule has 84 valence electrons. The van der Waals surface area contributed by atoms with Crippen molar-refractivity contribution in [1.29, 1.82) is 0 Å². The molecule has 0 aliphatic carbocycles. The first-order chi connectivity index (χ1) is 7.17. The van der Waals surface area contributed by atoms with Crippen LogP contribution in [0.25, 0.3) is 0 Å². The van der Waals surface area contributed by atoms with E-state index in [-0.39, 0.29) is 11.9 Å². The summed E-state index contributed by atoms with van der Waals surface area (Å²) in [5.41, 5.74) is 5.55. The molecule has 0 bridgehead atoms. The van der Waals surface area contributed by atoms with Crippen LogP contribution in [-0.2, 0) is 0 Å². The third-order valence-electron chi connectivity index (χ3n) is 2.05. The molecule has 1 unspecified atom stereocenters. The Balaban J connectivity index is 2.54.